The highest BCUT2D eigenvalue weighted by Gasteiger charge is 2.21. The lowest BCUT2D eigenvalue weighted by atomic mass is 9.97. The van der Waals surface area contributed by atoms with E-state index in [1.54, 1.807) is 12.4 Å². The van der Waals surface area contributed by atoms with Crippen LogP contribution in [0, 0.1) is 5.92 Å². The monoisotopic (exact) mass is 478 g/mol. The van der Waals surface area contributed by atoms with Crippen molar-refractivity contribution in [1.82, 2.24) is 25.7 Å². The van der Waals surface area contributed by atoms with Crippen LogP contribution in [0.4, 0.5) is 5.95 Å². The molecule has 186 valence electrons. The van der Waals surface area contributed by atoms with E-state index in [9.17, 15) is 4.79 Å². The van der Waals surface area contributed by atoms with E-state index in [-0.39, 0.29) is 12.2 Å². The summed E-state index contributed by atoms with van der Waals surface area (Å²) in [7, 11) is 0. The van der Waals surface area contributed by atoms with E-state index < -0.39 is 0 Å². The predicted molar refractivity (Wildman–Crippen MR) is 134 cm³/mol. The molecule has 0 radical (unpaired) electrons. The first-order valence-electron chi connectivity index (χ1n) is 12.7. The van der Waals surface area contributed by atoms with Crippen LogP contribution in [0.2, 0.25) is 0 Å². The highest BCUT2D eigenvalue weighted by molar-refractivity contribution is 5.92. The Bertz CT molecular complexity index is 1090. The first-order valence-corrected chi connectivity index (χ1v) is 12.7. The van der Waals surface area contributed by atoms with E-state index in [0.29, 0.717) is 24.0 Å². The summed E-state index contributed by atoms with van der Waals surface area (Å²) in [6, 6.07) is 8.45. The van der Waals surface area contributed by atoms with Gasteiger partial charge in [0.15, 0.2) is 6.29 Å². The second-order valence-electron chi connectivity index (χ2n) is 9.36. The van der Waals surface area contributed by atoms with Crippen LogP contribution in [0.25, 0.3) is 10.9 Å². The lowest BCUT2D eigenvalue weighted by Gasteiger charge is -2.32. The maximum atomic E-state index is 12.3. The zero-order valence-electron chi connectivity index (χ0n) is 20.0. The van der Waals surface area contributed by atoms with Gasteiger partial charge >= 0.3 is 0 Å². The summed E-state index contributed by atoms with van der Waals surface area (Å²) in [6.45, 7) is 4.51. The van der Waals surface area contributed by atoms with Crippen LogP contribution in [0.1, 0.15) is 48.0 Å². The maximum Gasteiger partial charge on any atom is 0.278 e. The molecule has 5 rings (SSSR count). The van der Waals surface area contributed by atoms with Gasteiger partial charge in [-0.1, -0.05) is 18.2 Å². The molecule has 3 N–H and O–H groups in total. The molecule has 9 heteroatoms. The number of H-pyrrole nitrogens is 1. The number of aromatic amines is 1. The largest absolute Gasteiger partial charge is 0.361 e. The average molecular weight is 479 g/mol. The lowest BCUT2D eigenvalue weighted by molar-refractivity contribution is -0.186. The highest BCUT2D eigenvalue weighted by atomic mass is 16.8. The van der Waals surface area contributed by atoms with E-state index in [0.717, 1.165) is 64.7 Å². The Morgan fingerprint density at radius 1 is 1.14 bits per heavy atom. The van der Waals surface area contributed by atoms with Crippen molar-refractivity contribution in [1.29, 1.82) is 0 Å². The van der Waals surface area contributed by atoms with Crippen LogP contribution in [0.3, 0.4) is 0 Å². The van der Waals surface area contributed by atoms with Crippen LogP contribution < -0.4 is 15.7 Å². The number of amides is 1. The van der Waals surface area contributed by atoms with Crippen molar-refractivity contribution in [2.75, 3.05) is 37.7 Å². The number of carbonyl (C=O) groups is 1. The topological polar surface area (TPSA) is 104 Å². The van der Waals surface area contributed by atoms with Gasteiger partial charge in [-0.15, -0.1) is 0 Å². The van der Waals surface area contributed by atoms with E-state index in [2.05, 4.69) is 61.1 Å². The van der Waals surface area contributed by atoms with E-state index in [1.165, 1.54) is 16.5 Å². The molecule has 9 nitrogen and oxygen atoms in total. The lowest BCUT2D eigenvalue weighted by Crippen LogP contribution is -2.38. The summed E-state index contributed by atoms with van der Waals surface area (Å²) < 4.78 is 5.45. The molecule has 2 aromatic heterocycles. The fourth-order valence-electron chi connectivity index (χ4n) is 4.79. The Hall–Kier alpha value is -3.01. The summed E-state index contributed by atoms with van der Waals surface area (Å²) in [5.41, 5.74) is 5.39. The van der Waals surface area contributed by atoms with Gasteiger partial charge in [-0.05, 0) is 62.7 Å². The number of ether oxygens (including phenoxy) is 1. The molecule has 2 aliphatic rings. The van der Waals surface area contributed by atoms with E-state index in [4.69, 9.17) is 9.57 Å². The zero-order chi connectivity index (χ0) is 23.9. The van der Waals surface area contributed by atoms with Crippen LogP contribution in [-0.2, 0) is 16.0 Å². The number of hydroxylamine groups is 1. The highest BCUT2D eigenvalue weighted by Crippen LogP contribution is 2.21. The fraction of sp³-hybridized carbons (Fsp3) is 0.500. The van der Waals surface area contributed by atoms with Crippen LogP contribution in [0.15, 0.2) is 42.9 Å². The molecule has 2 fully saturated rings. The van der Waals surface area contributed by atoms with E-state index in [1.807, 2.05) is 0 Å². The molecule has 35 heavy (non-hydrogen) atoms. The van der Waals surface area contributed by atoms with Gasteiger partial charge in [-0.25, -0.2) is 20.3 Å². The van der Waals surface area contributed by atoms with Crippen LogP contribution >= 0.6 is 0 Å². The molecule has 0 spiro atoms. The van der Waals surface area contributed by atoms with Gasteiger partial charge in [0.1, 0.15) is 0 Å². The molecular weight excluding hydrogens is 444 g/mol. The molecule has 1 unspecified atom stereocenters. The smallest absolute Gasteiger partial charge is 0.278 e. The van der Waals surface area contributed by atoms with Crippen molar-refractivity contribution in [2.45, 2.75) is 44.8 Å². The van der Waals surface area contributed by atoms with Gasteiger partial charge in [0.05, 0.1) is 5.56 Å². The summed E-state index contributed by atoms with van der Waals surface area (Å²) in [6.07, 6.45) is 10.9. The van der Waals surface area contributed by atoms with Gasteiger partial charge < -0.3 is 19.9 Å². The number of para-hydroxylation sites is 1. The summed E-state index contributed by atoms with van der Waals surface area (Å²) in [4.78, 5) is 32.0. The Morgan fingerprint density at radius 2 is 1.97 bits per heavy atom. The summed E-state index contributed by atoms with van der Waals surface area (Å²) >= 11 is 0. The molecule has 1 atom stereocenters. The molecule has 1 aromatic carbocycles. The minimum absolute atomic E-state index is 0.358. The first kappa shape index (κ1) is 23.7. The van der Waals surface area contributed by atoms with Crippen LogP contribution in [-0.4, -0.2) is 59.9 Å². The second kappa shape index (κ2) is 11.6. The summed E-state index contributed by atoms with van der Waals surface area (Å²) in [5.74, 6) is 0.963. The van der Waals surface area contributed by atoms with Crippen molar-refractivity contribution in [3.05, 3.63) is 54.0 Å². The number of fused-ring (bicyclic) bond motifs is 1. The molecule has 3 aromatic rings. The van der Waals surface area contributed by atoms with Crippen LogP contribution in [0.5, 0.6) is 0 Å². The normalized spacial score (nSPS) is 19.2. The quantitative estimate of drug-likeness (QED) is 0.320. The number of hydrogen-bond acceptors (Lipinski definition) is 7. The molecular formula is C26H34N6O3. The van der Waals surface area contributed by atoms with Crippen molar-refractivity contribution in [2.24, 2.45) is 5.92 Å². The van der Waals surface area contributed by atoms with Gasteiger partial charge in [0.25, 0.3) is 5.91 Å². The third kappa shape index (κ3) is 6.17. The standard InChI is InChI=1S/C26H34N6O3/c33-25(31-35-24-7-3-4-14-34-24)21-17-29-26(30-18-21)32-12-9-19(10-13-32)15-27-11-8-20-16-28-23-6-2-1-5-22(20)23/h1-2,5-6,16-19,24,27-28H,3-4,7-15H2,(H,31,33). The average Bonchev–Trinajstić information content (AvgIpc) is 3.34. The summed E-state index contributed by atoms with van der Waals surface area (Å²) in [5, 5.41) is 4.96. The Morgan fingerprint density at radius 3 is 2.77 bits per heavy atom. The molecule has 4 heterocycles. The Balaban J connectivity index is 1.01. The van der Waals surface area contributed by atoms with Gasteiger partial charge in [-0.2, -0.15) is 0 Å². The minimum atomic E-state index is -0.378. The van der Waals surface area contributed by atoms with Crippen molar-refractivity contribution >= 4 is 22.8 Å². The third-order valence-electron chi connectivity index (χ3n) is 6.90. The van der Waals surface area contributed by atoms with Crippen molar-refractivity contribution in [3.8, 4) is 0 Å². The Labute approximate surface area is 205 Å². The SMILES string of the molecule is O=C(NOC1CCCCO1)c1cnc(N2CCC(CNCCc3c[nH]c4ccccc34)CC2)nc1. The molecule has 0 bridgehead atoms. The Kier molecular flexibility index (Phi) is 7.87. The van der Waals surface area contributed by atoms with Crippen molar-refractivity contribution < 1.29 is 14.4 Å². The van der Waals surface area contributed by atoms with Gasteiger partial charge in [0.2, 0.25) is 5.95 Å². The number of rotatable bonds is 9. The fourth-order valence-corrected chi connectivity index (χ4v) is 4.79. The third-order valence-corrected chi connectivity index (χ3v) is 6.90. The number of piperidine rings is 1. The number of hydrogen-bond donors (Lipinski definition) is 3. The van der Waals surface area contributed by atoms with Gasteiger partial charge in [0, 0.05) is 55.6 Å². The number of anilines is 1. The molecule has 1 amide bonds. The van der Waals surface area contributed by atoms with Crippen molar-refractivity contribution in [3.63, 3.8) is 0 Å². The molecule has 0 saturated carbocycles. The maximum absolute atomic E-state index is 12.3. The number of nitrogens with one attached hydrogen (secondary N) is 3. The minimum Gasteiger partial charge on any atom is -0.361 e. The zero-order valence-corrected chi connectivity index (χ0v) is 20.0. The molecule has 2 aliphatic heterocycles. The predicted octanol–water partition coefficient (Wildman–Crippen LogP) is 3.19. The first-order chi connectivity index (χ1) is 17.3. The van der Waals surface area contributed by atoms with E-state index >= 15 is 0 Å². The second-order valence-corrected chi connectivity index (χ2v) is 9.36. The van der Waals surface area contributed by atoms with Gasteiger partial charge in [-0.3, -0.25) is 4.79 Å². The number of benzene rings is 1. The number of aromatic nitrogens is 3. The number of carbonyl (C=O) groups excluding carboxylic acids is 1. The molecule has 0 aliphatic carbocycles. The number of nitrogens with zero attached hydrogens (tertiary/aromatic N) is 3. The molecule has 2 saturated heterocycles.